The van der Waals surface area contributed by atoms with E-state index in [1.807, 2.05) is 25.1 Å². The molecule has 1 aliphatic heterocycles. The predicted octanol–water partition coefficient (Wildman–Crippen LogP) is 3.91. The van der Waals surface area contributed by atoms with Gasteiger partial charge in [-0.05, 0) is 41.1 Å². The van der Waals surface area contributed by atoms with Gasteiger partial charge in [-0.3, -0.25) is 4.79 Å². The first-order valence-corrected chi connectivity index (χ1v) is 6.92. The van der Waals surface area contributed by atoms with E-state index in [4.69, 9.17) is 11.6 Å². The summed E-state index contributed by atoms with van der Waals surface area (Å²) in [5, 5.41) is 0.722. The second-order valence-electron chi connectivity index (χ2n) is 4.53. The second-order valence-corrected chi connectivity index (χ2v) is 5.83. The van der Waals surface area contributed by atoms with Gasteiger partial charge in [-0.15, -0.1) is 0 Å². The van der Waals surface area contributed by atoms with Crippen molar-refractivity contribution in [1.82, 2.24) is 0 Å². The second kappa shape index (κ2) is 4.99. The third-order valence-electron chi connectivity index (χ3n) is 3.54. The lowest BCUT2D eigenvalue weighted by molar-refractivity contribution is -0.123. The summed E-state index contributed by atoms with van der Waals surface area (Å²) < 4.78 is 1.02. The van der Waals surface area contributed by atoms with Gasteiger partial charge in [0, 0.05) is 34.4 Å². The van der Waals surface area contributed by atoms with Crippen LogP contribution < -0.4 is 4.90 Å². The number of hydrogen-bond donors (Lipinski definition) is 0. The SMILES string of the molecule is CC1C(=O)CCN(c2cc(Cl)ccc2Br)C1C. The van der Waals surface area contributed by atoms with Gasteiger partial charge < -0.3 is 4.90 Å². The van der Waals surface area contributed by atoms with Gasteiger partial charge in [0.2, 0.25) is 0 Å². The molecule has 0 saturated carbocycles. The van der Waals surface area contributed by atoms with Crippen LogP contribution in [0.3, 0.4) is 0 Å². The van der Waals surface area contributed by atoms with Crippen molar-refractivity contribution in [2.24, 2.45) is 5.92 Å². The molecule has 1 heterocycles. The molecular formula is C13H15BrClNO. The fraction of sp³-hybridized carbons (Fsp3) is 0.462. The highest BCUT2D eigenvalue weighted by Crippen LogP contribution is 2.34. The van der Waals surface area contributed by atoms with E-state index < -0.39 is 0 Å². The van der Waals surface area contributed by atoms with Crippen LogP contribution in [0.15, 0.2) is 22.7 Å². The summed E-state index contributed by atoms with van der Waals surface area (Å²) in [5.74, 6) is 0.432. The van der Waals surface area contributed by atoms with Crippen LogP contribution in [0, 0.1) is 5.92 Å². The van der Waals surface area contributed by atoms with Gasteiger partial charge in [0.05, 0.1) is 5.69 Å². The first kappa shape index (κ1) is 12.9. The lowest BCUT2D eigenvalue weighted by Gasteiger charge is -2.39. The van der Waals surface area contributed by atoms with E-state index in [1.165, 1.54) is 0 Å². The normalized spacial score (nSPS) is 25.2. The molecular weight excluding hydrogens is 302 g/mol. The third kappa shape index (κ3) is 2.50. The Morgan fingerprint density at radius 1 is 1.41 bits per heavy atom. The summed E-state index contributed by atoms with van der Waals surface area (Å²) in [6.45, 7) is 4.86. The fourth-order valence-corrected chi connectivity index (χ4v) is 2.89. The molecule has 2 unspecified atom stereocenters. The van der Waals surface area contributed by atoms with Crippen LogP contribution in [0.4, 0.5) is 5.69 Å². The molecule has 1 aromatic carbocycles. The zero-order valence-electron chi connectivity index (χ0n) is 9.91. The van der Waals surface area contributed by atoms with Gasteiger partial charge in [-0.25, -0.2) is 0 Å². The molecule has 0 bridgehead atoms. The summed E-state index contributed by atoms with van der Waals surface area (Å²) in [5.41, 5.74) is 1.07. The predicted molar refractivity (Wildman–Crippen MR) is 74.7 cm³/mol. The molecule has 0 aliphatic carbocycles. The summed E-state index contributed by atoms with van der Waals surface area (Å²) >= 11 is 9.58. The van der Waals surface area contributed by atoms with E-state index in [0.717, 1.165) is 21.7 Å². The van der Waals surface area contributed by atoms with Crippen LogP contribution in [-0.2, 0) is 4.79 Å². The Kier molecular flexibility index (Phi) is 3.79. The molecule has 2 atom stereocenters. The maximum Gasteiger partial charge on any atom is 0.139 e. The molecule has 1 fully saturated rings. The van der Waals surface area contributed by atoms with E-state index in [-0.39, 0.29) is 12.0 Å². The maximum absolute atomic E-state index is 11.7. The van der Waals surface area contributed by atoms with Gasteiger partial charge in [0.15, 0.2) is 0 Å². The number of halogens is 2. The van der Waals surface area contributed by atoms with Crippen molar-refractivity contribution >= 4 is 39.0 Å². The largest absolute Gasteiger partial charge is 0.367 e. The Morgan fingerprint density at radius 3 is 2.82 bits per heavy atom. The van der Waals surface area contributed by atoms with Crippen molar-refractivity contribution in [2.45, 2.75) is 26.3 Å². The molecule has 2 rings (SSSR count). The van der Waals surface area contributed by atoms with Crippen molar-refractivity contribution in [3.63, 3.8) is 0 Å². The van der Waals surface area contributed by atoms with Crippen LogP contribution >= 0.6 is 27.5 Å². The quantitative estimate of drug-likeness (QED) is 0.783. The molecule has 1 aliphatic rings. The van der Waals surface area contributed by atoms with Crippen LogP contribution in [0.2, 0.25) is 5.02 Å². The lowest BCUT2D eigenvalue weighted by atomic mass is 9.90. The van der Waals surface area contributed by atoms with E-state index in [1.54, 1.807) is 0 Å². The van der Waals surface area contributed by atoms with Crippen LogP contribution in [0.25, 0.3) is 0 Å². The first-order valence-electron chi connectivity index (χ1n) is 5.75. The molecule has 92 valence electrons. The number of rotatable bonds is 1. The lowest BCUT2D eigenvalue weighted by Crippen LogP contribution is -2.47. The van der Waals surface area contributed by atoms with Gasteiger partial charge in [-0.1, -0.05) is 18.5 Å². The van der Waals surface area contributed by atoms with Crippen molar-refractivity contribution < 1.29 is 4.79 Å². The average Bonchev–Trinajstić information content (AvgIpc) is 2.30. The number of piperidine rings is 1. The number of nitrogens with zero attached hydrogens (tertiary/aromatic N) is 1. The van der Waals surface area contributed by atoms with Crippen molar-refractivity contribution in [3.8, 4) is 0 Å². The first-order chi connectivity index (χ1) is 8.00. The number of hydrogen-bond acceptors (Lipinski definition) is 2. The van der Waals surface area contributed by atoms with Crippen molar-refractivity contribution in [1.29, 1.82) is 0 Å². The zero-order valence-corrected chi connectivity index (χ0v) is 12.3. The summed E-state index contributed by atoms with van der Waals surface area (Å²) in [4.78, 5) is 13.9. The molecule has 4 heteroatoms. The molecule has 1 saturated heterocycles. The molecule has 17 heavy (non-hydrogen) atoms. The van der Waals surface area contributed by atoms with E-state index in [2.05, 4.69) is 27.8 Å². The summed E-state index contributed by atoms with van der Waals surface area (Å²) in [6.07, 6.45) is 0.616. The number of Topliss-reactive ketones (excluding diaryl/α,β-unsaturated/α-hetero) is 1. The van der Waals surface area contributed by atoms with Gasteiger partial charge in [0.25, 0.3) is 0 Å². The number of benzene rings is 1. The molecule has 0 amide bonds. The Balaban J connectivity index is 2.33. The van der Waals surface area contributed by atoms with Crippen LogP contribution in [0.1, 0.15) is 20.3 Å². The van der Waals surface area contributed by atoms with Gasteiger partial charge in [-0.2, -0.15) is 0 Å². The van der Waals surface area contributed by atoms with Gasteiger partial charge >= 0.3 is 0 Å². The minimum absolute atomic E-state index is 0.0784. The number of ketones is 1. The molecule has 1 aromatic rings. The van der Waals surface area contributed by atoms with E-state index >= 15 is 0 Å². The molecule has 2 nitrogen and oxygen atoms in total. The molecule has 0 N–H and O–H groups in total. The highest BCUT2D eigenvalue weighted by Gasteiger charge is 2.31. The number of anilines is 1. The van der Waals surface area contributed by atoms with Crippen molar-refractivity contribution in [3.05, 3.63) is 27.7 Å². The van der Waals surface area contributed by atoms with E-state index in [9.17, 15) is 4.79 Å². The Labute approximate surface area is 115 Å². The van der Waals surface area contributed by atoms with Crippen LogP contribution in [0.5, 0.6) is 0 Å². The standard InChI is InChI=1S/C13H15BrClNO/c1-8-9(2)16(6-5-13(8)17)12-7-10(15)3-4-11(12)14/h3-4,7-9H,5-6H2,1-2H3. The number of carbonyl (C=O) groups excluding carboxylic acids is 1. The average molecular weight is 317 g/mol. The summed E-state index contributed by atoms with van der Waals surface area (Å²) in [6, 6.07) is 5.97. The highest BCUT2D eigenvalue weighted by molar-refractivity contribution is 9.10. The maximum atomic E-state index is 11.7. The van der Waals surface area contributed by atoms with Crippen LogP contribution in [-0.4, -0.2) is 18.4 Å². The minimum atomic E-state index is 0.0784. The van der Waals surface area contributed by atoms with E-state index in [0.29, 0.717) is 12.2 Å². The molecule has 0 aromatic heterocycles. The summed E-state index contributed by atoms with van der Waals surface area (Å²) in [7, 11) is 0. The Morgan fingerprint density at radius 2 is 2.12 bits per heavy atom. The monoisotopic (exact) mass is 315 g/mol. The topological polar surface area (TPSA) is 20.3 Å². The smallest absolute Gasteiger partial charge is 0.139 e. The third-order valence-corrected chi connectivity index (χ3v) is 4.45. The Bertz CT molecular complexity index is 449. The minimum Gasteiger partial charge on any atom is -0.367 e. The number of carbonyl (C=O) groups is 1. The van der Waals surface area contributed by atoms with Crippen molar-refractivity contribution in [2.75, 3.05) is 11.4 Å². The zero-order chi connectivity index (χ0) is 12.6. The fourth-order valence-electron chi connectivity index (χ4n) is 2.25. The highest BCUT2D eigenvalue weighted by atomic mass is 79.9. The molecule has 0 radical (unpaired) electrons. The molecule has 0 spiro atoms. The van der Waals surface area contributed by atoms with Gasteiger partial charge in [0.1, 0.15) is 5.78 Å². The Hall–Kier alpha value is -0.540.